The van der Waals surface area contributed by atoms with Crippen molar-refractivity contribution in [3.05, 3.63) is 0 Å². The third-order valence-corrected chi connectivity index (χ3v) is 6.35. The molecule has 3 fully saturated rings. The maximum atomic E-state index is 10.2. The minimum atomic E-state index is -3.05. The molecule has 126 valence electrons. The molecule has 0 saturated carbocycles. The van der Waals surface area contributed by atoms with Crippen molar-refractivity contribution in [1.29, 1.82) is 0 Å². The van der Waals surface area contributed by atoms with Crippen LogP contribution in [-0.4, -0.2) is 62.3 Å². The summed E-state index contributed by atoms with van der Waals surface area (Å²) < 4.78 is 74.2. The zero-order valence-corrected chi connectivity index (χ0v) is 13.7. The van der Waals surface area contributed by atoms with Crippen LogP contribution in [0.25, 0.3) is 0 Å². The molecule has 0 aromatic carbocycles. The minimum Gasteiger partial charge on any atom is -0.270 e. The summed E-state index contributed by atoms with van der Waals surface area (Å²) in [6.45, 7) is 1.13. The molecule has 3 aliphatic heterocycles. The molecular formula is C9H18O9S3. The van der Waals surface area contributed by atoms with Crippen LogP contribution in [0.15, 0.2) is 0 Å². The topological polar surface area (TPSA) is 130 Å². The van der Waals surface area contributed by atoms with E-state index in [1.807, 2.05) is 0 Å². The lowest BCUT2D eigenvalue weighted by Gasteiger charge is -1.83. The molecule has 0 atom stereocenters. The van der Waals surface area contributed by atoms with Crippen LogP contribution in [0.3, 0.4) is 0 Å². The van der Waals surface area contributed by atoms with Crippen molar-refractivity contribution in [2.24, 2.45) is 0 Å². The normalized spacial score (nSPS) is 28.0. The highest BCUT2D eigenvalue weighted by molar-refractivity contribution is 7.87. The molecule has 12 heteroatoms. The van der Waals surface area contributed by atoms with Gasteiger partial charge < -0.3 is 0 Å². The van der Waals surface area contributed by atoms with Crippen molar-refractivity contribution in [2.45, 2.75) is 19.3 Å². The Balaban J connectivity index is 0.000000157. The predicted molar refractivity (Wildman–Crippen MR) is 73.1 cm³/mol. The zero-order chi connectivity index (χ0) is 16.0. The number of hydrogen-bond donors (Lipinski definition) is 0. The van der Waals surface area contributed by atoms with Gasteiger partial charge in [-0.1, -0.05) is 0 Å². The molecule has 0 unspecified atom stereocenters. The Labute approximate surface area is 124 Å². The van der Waals surface area contributed by atoms with Crippen LogP contribution in [0.4, 0.5) is 0 Å². The largest absolute Gasteiger partial charge is 0.270 e. The first-order chi connectivity index (χ1) is 9.62. The summed E-state index contributed by atoms with van der Waals surface area (Å²) in [5.41, 5.74) is 0. The second-order valence-electron chi connectivity index (χ2n) is 4.31. The van der Waals surface area contributed by atoms with E-state index in [1.54, 1.807) is 0 Å². The lowest BCUT2D eigenvalue weighted by atomic mass is 10.5. The molecule has 0 spiro atoms. The van der Waals surface area contributed by atoms with E-state index in [0.717, 1.165) is 0 Å². The maximum Gasteiger partial charge on any atom is 0.267 e. The van der Waals surface area contributed by atoms with E-state index in [4.69, 9.17) is 0 Å². The van der Waals surface area contributed by atoms with E-state index in [0.29, 0.717) is 39.1 Å². The molecular weight excluding hydrogens is 348 g/mol. The van der Waals surface area contributed by atoms with Gasteiger partial charge in [0.2, 0.25) is 0 Å². The van der Waals surface area contributed by atoms with Crippen molar-refractivity contribution in [1.82, 2.24) is 0 Å². The van der Waals surface area contributed by atoms with Gasteiger partial charge in [-0.15, -0.1) is 0 Å². The number of rotatable bonds is 0. The predicted octanol–water partition coefficient (Wildman–Crippen LogP) is -0.790. The first-order valence-corrected chi connectivity index (χ1v) is 11.0. The zero-order valence-electron chi connectivity index (χ0n) is 11.3. The monoisotopic (exact) mass is 366 g/mol. The van der Waals surface area contributed by atoms with Crippen LogP contribution in [-0.2, 0) is 42.9 Å². The summed E-state index contributed by atoms with van der Waals surface area (Å²) in [5, 5.41) is 0. The van der Waals surface area contributed by atoms with Gasteiger partial charge in [0.1, 0.15) is 0 Å². The Hall–Kier alpha value is -0.270. The van der Waals surface area contributed by atoms with E-state index in [1.165, 1.54) is 0 Å². The van der Waals surface area contributed by atoms with E-state index >= 15 is 0 Å². The van der Waals surface area contributed by atoms with Crippen molar-refractivity contribution in [2.75, 3.05) is 37.1 Å². The molecule has 3 saturated heterocycles. The lowest BCUT2D eigenvalue weighted by Crippen LogP contribution is -1.96. The molecule has 0 aromatic heterocycles. The van der Waals surface area contributed by atoms with E-state index in [2.05, 4.69) is 12.5 Å². The second kappa shape index (κ2) is 7.83. The summed E-state index contributed by atoms with van der Waals surface area (Å²) in [4.78, 5) is 0. The smallest absolute Gasteiger partial charge is 0.267 e. The Kier molecular flexibility index (Phi) is 7.00. The molecule has 9 nitrogen and oxygen atoms in total. The van der Waals surface area contributed by atoms with Crippen LogP contribution in [0.2, 0.25) is 0 Å². The average molecular weight is 366 g/mol. The van der Waals surface area contributed by atoms with Crippen LogP contribution >= 0.6 is 0 Å². The van der Waals surface area contributed by atoms with Crippen molar-refractivity contribution in [3.8, 4) is 0 Å². The molecule has 0 radical (unpaired) electrons. The Morgan fingerprint density at radius 3 is 0.762 bits per heavy atom. The van der Waals surface area contributed by atoms with Crippen LogP contribution < -0.4 is 0 Å². The second-order valence-corrected chi connectivity index (χ2v) is 9.59. The molecule has 0 N–H and O–H groups in total. The first kappa shape index (κ1) is 18.8. The van der Waals surface area contributed by atoms with Gasteiger partial charge in [-0.25, -0.2) is 0 Å². The van der Waals surface area contributed by atoms with Crippen molar-refractivity contribution in [3.63, 3.8) is 0 Å². The summed E-state index contributed by atoms with van der Waals surface area (Å²) >= 11 is 0. The molecule has 3 aliphatic rings. The standard InChI is InChI=1S/3C3H6O3S/c3*4-7(5)3-1-2-6-7/h3*1-3H2. The Morgan fingerprint density at radius 1 is 0.476 bits per heavy atom. The SMILES string of the molecule is O=S1(=O)CCCO1.O=S1(=O)CCCO1.O=S1(=O)CCCO1. The van der Waals surface area contributed by atoms with Gasteiger partial charge in [0.15, 0.2) is 0 Å². The number of hydrogen-bond acceptors (Lipinski definition) is 9. The van der Waals surface area contributed by atoms with Crippen molar-refractivity contribution < 1.29 is 37.8 Å². The fraction of sp³-hybridized carbons (Fsp3) is 1.00. The highest BCUT2D eigenvalue weighted by Gasteiger charge is 2.18. The third-order valence-electron chi connectivity index (χ3n) is 2.40. The molecule has 0 amide bonds. The summed E-state index contributed by atoms with van der Waals surface area (Å²) in [5.74, 6) is 0.604. The fourth-order valence-corrected chi connectivity index (χ4v) is 4.32. The Bertz CT molecular complexity index is 491. The molecule has 0 bridgehead atoms. The lowest BCUT2D eigenvalue weighted by molar-refractivity contribution is 0.353. The summed E-state index contributed by atoms with van der Waals surface area (Å²) in [6, 6.07) is 0. The van der Waals surface area contributed by atoms with Gasteiger partial charge in [-0.2, -0.15) is 25.3 Å². The molecule has 3 heterocycles. The van der Waals surface area contributed by atoms with E-state index in [9.17, 15) is 25.3 Å². The summed E-state index contributed by atoms with van der Waals surface area (Å²) in [6.07, 6.45) is 1.97. The van der Waals surface area contributed by atoms with Gasteiger partial charge in [0, 0.05) is 0 Å². The quantitative estimate of drug-likeness (QED) is 0.506. The third kappa shape index (κ3) is 8.68. The van der Waals surface area contributed by atoms with Crippen LogP contribution in [0.1, 0.15) is 19.3 Å². The highest BCUT2D eigenvalue weighted by Crippen LogP contribution is 2.06. The van der Waals surface area contributed by atoms with Crippen LogP contribution in [0, 0.1) is 0 Å². The van der Waals surface area contributed by atoms with Gasteiger partial charge in [0.05, 0.1) is 37.1 Å². The van der Waals surface area contributed by atoms with Gasteiger partial charge in [-0.05, 0) is 19.3 Å². The van der Waals surface area contributed by atoms with Gasteiger partial charge >= 0.3 is 0 Å². The van der Waals surface area contributed by atoms with Crippen molar-refractivity contribution >= 4 is 30.4 Å². The van der Waals surface area contributed by atoms with Crippen LogP contribution in [0.5, 0.6) is 0 Å². The van der Waals surface area contributed by atoms with Gasteiger partial charge in [0.25, 0.3) is 30.4 Å². The fourth-order valence-electron chi connectivity index (χ4n) is 1.44. The minimum absolute atomic E-state index is 0.201. The highest BCUT2D eigenvalue weighted by atomic mass is 32.2. The van der Waals surface area contributed by atoms with Gasteiger partial charge in [-0.3, -0.25) is 12.5 Å². The average Bonchev–Trinajstić information content (AvgIpc) is 3.03. The molecule has 0 aliphatic carbocycles. The van der Waals surface area contributed by atoms with E-state index < -0.39 is 30.4 Å². The molecule has 0 aromatic rings. The summed E-state index contributed by atoms with van der Waals surface area (Å²) in [7, 11) is -9.14. The van der Waals surface area contributed by atoms with E-state index in [-0.39, 0.29) is 17.3 Å². The molecule has 3 rings (SSSR count). The first-order valence-electron chi connectivity index (χ1n) is 6.23. The Morgan fingerprint density at radius 2 is 0.714 bits per heavy atom. The molecule has 21 heavy (non-hydrogen) atoms. The maximum absolute atomic E-state index is 10.2.